The highest BCUT2D eigenvalue weighted by Crippen LogP contribution is 2.37. The molecule has 0 bridgehead atoms. The normalized spacial score (nSPS) is 18.5. The monoisotopic (exact) mass is 184 g/mol. The van der Waals surface area contributed by atoms with Gasteiger partial charge in [0, 0.05) is 0 Å². The second-order valence-electron chi connectivity index (χ2n) is 6.90. The zero-order valence-corrected chi connectivity index (χ0v) is 10.9. The van der Waals surface area contributed by atoms with Crippen LogP contribution in [0, 0.1) is 22.7 Å². The molecule has 2 unspecified atom stereocenters. The predicted octanol–water partition coefficient (Wildman–Crippen LogP) is 4.74. The summed E-state index contributed by atoms with van der Waals surface area (Å²) in [6.45, 7) is 18.8. The fraction of sp³-hybridized carbons (Fsp3) is 1.00. The standard InChI is InChI=1S/C13H28/c1-10(9-12(3,4)5)11(2)13(6,7)8/h10-11H,9H2,1-8H3. The first kappa shape index (κ1) is 13.0. The van der Waals surface area contributed by atoms with Gasteiger partial charge in [0.15, 0.2) is 0 Å². The van der Waals surface area contributed by atoms with Crippen LogP contribution in [0.25, 0.3) is 0 Å². The van der Waals surface area contributed by atoms with Gasteiger partial charge < -0.3 is 0 Å². The Hall–Kier alpha value is 0. The minimum Gasteiger partial charge on any atom is -0.0622 e. The molecule has 0 amide bonds. The highest BCUT2D eigenvalue weighted by Gasteiger charge is 2.27. The van der Waals surface area contributed by atoms with Crippen LogP contribution in [0.2, 0.25) is 0 Å². The molecule has 0 spiro atoms. The van der Waals surface area contributed by atoms with Crippen molar-refractivity contribution in [1.29, 1.82) is 0 Å². The van der Waals surface area contributed by atoms with E-state index in [4.69, 9.17) is 0 Å². The van der Waals surface area contributed by atoms with Crippen LogP contribution in [0.3, 0.4) is 0 Å². The first-order valence-electron chi connectivity index (χ1n) is 5.54. The van der Waals surface area contributed by atoms with Crippen molar-refractivity contribution in [2.24, 2.45) is 22.7 Å². The van der Waals surface area contributed by atoms with Crippen LogP contribution in [-0.2, 0) is 0 Å². The quantitative estimate of drug-likeness (QED) is 0.581. The molecule has 80 valence electrons. The molecule has 0 nitrogen and oxygen atoms in total. The fourth-order valence-corrected chi connectivity index (χ4v) is 2.00. The van der Waals surface area contributed by atoms with E-state index in [0.29, 0.717) is 10.8 Å². The lowest BCUT2D eigenvalue weighted by Crippen LogP contribution is -2.26. The molecule has 0 fully saturated rings. The van der Waals surface area contributed by atoms with Crippen molar-refractivity contribution >= 4 is 0 Å². The van der Waals surface area contributed by atoms with E-state index in [1.54, 1.807) is 0 Å². The van der Waals surface area contributed by atoms with Crippen molar-refractivity contribution in [1.82, 2.24) is 0 Å². The number of hydrogen-bond acceptors (Lipinski definition) is 0. The molecule has 13 heavy (non-hydrogen) atoms. The van der Waals surface area contributed by atoms with Gasteiger partial charge in [-0.05, 0) is 29.1 Å². The van der Waals surface area contributed by atoms with Crippen molar-refractivity contribution < 1.29 is 0 Å². The molecule has 0 aromatic carbocycles. The van der Waals surface area contributed by atoms with Gasteiger partial charge in [0.25, 0.3) is 0 Å². The highest BCUT2D eigenvalue weighted by molar-refractivity contribution is 4.78. The van der Waals surface area contributed by atoms with Crippen molar-refractivity contribution in [2.45, 2.75) is 61.8 Å². The Kier molecular flexibility index (Phi) is 4.02. The van der Waals surface area contributed by atoms with E-state index < -0.39 is 0 Å². The average Bonchev–Trinajstić information content (AvgIpc) is 1.79. The Morgan fingerprint density at radius 3 is 1.46 bits per heavy atom. The molecule has 0 rings (SSSR count). The first-order valence-corrected chi connectivity index (χ1v) is 5.54. The summed E-state index contributed by atoms with van der Waals surface area (Å²) in [5.41, 5.74) is 0.920. The van der Waals surface area contributed by atoms with Crippen molar-refractivity contribution in [2.75, 3.05) is 0 Å². The molecule has 0 saturated heterocycles. The summed E-state index contributed by atoms with van der Waals surface area (Å²) in [4.78, 5) is 0. The molecule has 2 atom stereocenters. The summed E-state index contributed by atoms with van der Waals surface area (Å²) in [5, 5.41) is 0. The molecule has 0 saturated carbocycles. The molecule has 0 aliphatic carbocycles. The smallest absolute Gasteiger partial charge is 0.0354 e. The van der Waals surface area contributed by atoms with Gasteiger partial charge in [-0.1, -0.05) is 55.4 Å². The second kappa shape index (κ2) is 4.02. The van der Waals surface area contributed by atoms with Crippen molar-refractivity contribution in [3.8, 4) is 0 Å². The third kappa shape index (κ3) is 5.33. The third-order valence-electron chi connectivity index (χ3n) is 3.15. The van der Waals surface area contributed by atoms with Crippen LogP contribution in [0.5, 0.6) is 0 Å². The maximum absolute atomic E-state index is 2.39. The second-order valence-corrected chi connectivity index (χ2v) is 6.90. The fourth-order valence-electron chi connectivity index (χ4n) is 2.00. The molecule has 0 heterocycles. The third-order valence-corrected chi connectivity index (χ3v) is 3.15. The summed E-state index contributed by atoms with van der Waals surface area (Å²) in [6.07, 6.45) is 1.32. The minimum absolute atomic E-state index is 0.449. The Bertz CT molecular complexity index is 142. The van der Waals surface area contributed by atoms with E-state index in [9.17, 15) is 0 Å². The summed E-state index contributed by atoms with van der Waals surface area (Å²) in [7, 11) is 0. The Labute approximate surface area is 85.1 Å². The van der Waals surface area contributed by atoms with Crippen molar-refractivity contribution in [3.63, 3.8) is 0 Å². The van der Waals surface area contributed by atoms with Crippen LogP contribution >= 0.6 is 0 Å². The average molecular weight is 184 g/mol. The van der Waals surface area contributed by atoms with E-state index >= 15 is 0 Å². The van der Waals surface area contributed by atoms with Gasteiger partial charge in [-0.25, -0.2) is 0 Å². The van der Waals surface area contributed by atoms with E-state index in [1.807, 2.05) is 0 Å². The predicted molar refractivity (Wildman–Crippen MR) is 61.9 cm³/mol. The summed E-state index contributed by atoms with van der Waals surface area (Å²) in [5.74, 6) is 1.62. The van der Waals surface area contributed by atoms with Crippen molar-refractivity contribution in [3.05, 3.63) is 0 Å². The van der Waals surface area contributed by atoms with Crippen LogP contribution in [-0.4, -0.2) is 0 Å². The molecule has 0 radical (unpaired) electrons. The van der Waals surface area contributed by atoms with Crippen LogP contribution < -0.4 is 0 Å². The largest absolute Gasteiger partial charge is 0.0622 e. The molecular formula is C13H28. The maximum atomic E-state index is 2.39. The lowest BCUT2D eigenvalue weighted by atomic mass is 9.70. The van der Waals surface area contributed by atoms with Crippen LogP contribution in [0.1, 0.15) is 61.8 Å². The first-order chi connectivity index (χ1) is 5.54. The lowest BCUT2D eigenvalue weighted by molar-refractivity contribution is 0.146. The summed E-state index contributed by atoms with van der Waals surface area (Å²) in [6, 6.07) is 0. The molecule has 0 aromatic rings. The number of rotatable bonds is 2. The minimum atomic E-state index is 0.449. The zero-order chi connectivity index (χ0) is 10.9. The molecule has 0 heteroatoms. The van der Waals surface area contributed by atoms with Gasteiger partial charge >= 0.3 is 0 Å². The molecule has 0 aliphatic rings. The van der Waals surface area contributed by atoms with E-state index in [-0.39, 0.29) is 0 Å². The maximum Gasteiger partial charge on any atom is -0.0354 e. The number of hydrogen-bond donors (Lipinski definition) is 0. The molecule has 0 aliphatic heterocycles. The zero-order valence-electron chi connectivity index (χ0n) is 10.9. The van der Waals surface area contributed by atoms with Gasteiger partial charge in [-0.2, -0.15) is 0 Å². The Morgan fingerprint density at radius 2 is 1.23 bits per heavy atom. The molecular weight excluding hydrogens is 156 g/mol. The summed E-state index contributed by atoms with van der Waals surface area (Å²) < 4.78 is 0. The molecule has 0 aromatic heterocycles. The van der Waals surface area contributed by atoms with E-state index in [1.165, 1.54) is 6.42 Å². The van der Waals surface area contributed by atoms with Gasteiger partial charge in [-0.3, -0.25) is 0 Å². The van der Waals surface area contributed by atoms with Gasteiger partial charge in [0.2, 0.25) is 0 Å². The van der Waals surface area contributed by atoms with E-state index in [2.05, 4.69) is 55.4 Å². The summed E-state index contributed by atoms with van der Waals surface area (Å²) >= 11 is 0. The van der Waals surface area contributed by atoms with Gasteiger partial charge in [0.1, 0.15) is 0 Å². The van der Waals surface area contributed by atoms with Crippen LogP contribution in [0.15, 0.2) is 0 Å². The van der Waals surface area contributed by atoms with E-state index in [0.717, 1.165) is 11.8 Å². The SMILES string of the molecule is CC(CC(C)(C)C)C(C)C(C)(C)C. The highest BCUT2D eigenvalue weighted by atomic mass is 14.3. The lowest BCUT2D eigenvalue weighted by Gasteiger charge is -2.35. The van der Waals surface area contributed by atoms with Crippen LogP contribution in [0.4, 0.5) is 0 Å². The van der Waals surface area contributed by atoms with Gasteiger partial charge in [0.05, 0.1) is 0 Å². The van der Waals surface area contributed by atoms with Gasteiger partial charge in [-0.15, -0.1) is 0 Å². The topological polar surface area (TPSA) is 0 Å². The molecule has 0 N–H and O–H groups in total. The Morgan fingerprint density at radius 1 is 0.846 bits per heavy atom. The Balaban J connectivity index is 4.20.